The highest BCUT2D eigenvalue weighted by Gasteiger charge is 2.51. The Kier molecular flexibility index (Phi) is 3.42. The average molecular weight is 443 g/mol. The lowest BCUT2D eigenvalue weighted by Gasteiger charge is -2.25. The largest absolute Gasteiger partial charge is 0.381 e. The Morgan fingerprint density at radius 3 is 1.90 bits per heavy atom. The van der Waals surface area contributed by atoms with Gasteiger partial charge in [0.15, 0.2) is 6.20 Å². The highest BCUT2D eigenvalue weighted by Crippen LogP contribution is 2.67. The molecular formula is C25H16NOS3+. The predicted molar refractivity (Wildman–Crippen MR) is 128 cm³/mol. The fourth-order valence-electron chi connectivity index (χ4n) is 4.22. The van der Waals surface area contributed by atoms with Gasteiger partial charge in [0.1, 0.15) is 8.42 Å². The molecule has 0 N–H and O–H groups in total. The number of rotatable bonds is 2. The molecule has 1 aliphatic rings. The van der Waals surface area contributed by atoms with Crippen LogP contribution >= 0.6 is 33.2 Å². The molecule has 0 amide bonds. The molecule has 0 saturated carbocycles. The molecule has 0 saturated heterocycles. The molecular weight excluding hydrogens is 426 g/mol. The third-order valence-electron chi connectivity index (χ3n) is 5.59. The van der Waals surface area contributed by atoms with Gasteiger partial charge in [-0.25, -0.2) is 0 Å². The highest BCUT2D eigenvalue weighted by atomic mass is 32.3. The maximum atomic E-state index is 7.01. The molecule has 7 rings (SSSR count). The molecule has 0 radical (unpaired) electrons. The fraction of sp³-hybridized carbons (Fsp3) is 0. The van der Waals surface area contributed by atoms with E-state index < -0.39 is 10.5 Å². The predicted octanol–water partition coefficient (Wildman–Crippen LogP) is 7.55. The van der Waals surface area contributed by atoms with Crippen molar-refractivity contribution >= 4 is 64.2 Å². The number of hydrogen-bond acceptors (Lipinski definition) is 3. The van der Waals surface area contributed by atoms with Crippen LogP contribution in [0.15, 0.2) is 106 Å². The summed E-state index contributed by atoms with van der Waals surface area (Å²) in [5, 5.41) is 3.77. The van der Waals surface area contributed by atoms with Crippen LogP contribution in [0.5, 0.6) is 5.75 Å². The van der Waals surface area contributed by atoms with Crippen molar-refractivity contribution < 1.29 is 8.16 Å². The molecule has 1 aliphatic heterocycles. The number of aromatic nitrogens is 1. The fourth-order valence-corrected chi connectivity index (χ4v) is 11.1. The monoisotopic (exact) mass is 442 g/mol. The summed E-state index contributed by atoms with van der Waals surface area (Å²) in [5.41, 5.74) is 1.19. The first-order chi connectivity index (χ1) is 14.8. The first-order valence-electron chi connectivity index (χ1n) is 9.77. The molecule has 0 unspecified atom stereocenters. The second kappa shape index (κ2) is 6.08. The van der Waals surface area contributed by atoms with Crippen molar-refractivity contribution in [1.82, 2.24) is 0 Å². The lowest BCUT2D eigenvalue weighted by atomic mass is 10.2. The maximum Gasteiger partial charge on any atom is 0.271 e. The Labute approximate surface area is 183 Å². The third kappa shape index (κ3) is 2.17. The number of benzene rings is 3. The smallest absolute Gasteiger partial charge is 0.271 e. The van der Waals surface area contributed by atoms with Gasteiger partial charge in [-0.2, -0.15) is 0 Å². The number of para-hydroxylation sites is 1. The molecule has 2 nitrogen and oxygen atoms in total. The summed E-state index contributed by atoms with van der Waals surface area (Å²) in [6.45, 7) is 0. The van der Waals surface area contributed by atoms with Crippen molar-refractivity contribution in [2.75, 3.05) is 0 Å². The van der Waals surface area contributed by atoms with Crippen LogP contribution in [-0.4, -0.2) is 0 Å². The highest BCUT2D eigenvalue weighted by molar-refractivity contribution is 8.27. The molecule has 30 heavy (non-hydrogen) atoms. The van der Waals surface area contributed by atoms with Gasteiger partial charge in [0, 0.05) is 15.5 Å². The van der Waals surface area contributed by atoms with E-state index in [-0.39, 0.29) is 0 Å². The van der Waals surface area contributed by atoms with Crippen molar-refractivity contribution in [3.05, 3.63) is 97.2 Å². The van der Waals surface area contributed by atoms with E-state index in [1.807, 2.05) is 22.7 Å². The minimum Gasteiger partial charge on any atom is -0.381 e. The molecule has 4 heterocycles. The van der Waals surface area contributed by atoms with E-state index in [1.165, 1.54) is 39.5 Å². The Morgan fingerprint density at radius 2 is 1.23 bits per heavy atom. The van der Waals surface area contributed by atoms with Crippen LogP contribution in [0.2, 0.25) is 0 Å². The Balaban J connectivity index is 1.61. The van der Waals surface area contributed by atoms with E-state index >= 15 is 0 Å². The SMILES string of the molecule is c1ccc2sc(S3(c4cc5ccccc5s4)Oc4cccc5ccc[n+]3c45)cc2c1. The second-order valence-electron chi connectivity index (χ2n) is 7.34. The van der Waals surface area contributed by atoms with Gasteiger partial charge < -0.3 is 4.18 Å². The zero-order valence-corrected chi connectivity index (χ0v) is 18.3. The Bertz CT molecular complexity index is 1450. The number of hydrogen-bond donors (Lipinski definition) is 0. The third-order valence-corrected chi connectivity index (χ3v) is 11.9. The van der Waals surface area contributed by atoms with Crippen LogP contribution in [0, 0.1) is 0 Å². The van der Waals surface area contributed by atoms with E-state index in [9.17, 15) is 0 Å². The van der Waals surface area contributed by atoms with Crippen molar-refractivity contribution in [2.45, 2.75) is 8.42 Å². The lowest BCUT2D eigenvalue weighted by molar-refractivity contribution is -0.475. The number of thiophene rings is 2. The summed E-state index contributed by atoms with van der Waals surface area (Å²) in [6.07, 6.45) is 2.20. The van der Waals surface area contributed by atoms with E-state index in [2.05, 4.69) is 101 Å². The molecule has 3 aromatic heterocycles. The van der Waals surface area contributed by atoms with Crippen LogP contribution in [-0.2, 0) is 0 Å². The van der Waals surface area contributed by atoms with Gasteiger partial charge in [0.05, 0.1) is 5.39 Å². The van der Waals surface area contributed by atoms with Crippen molar-refractivity contribution in [3.63, 3.8) is 0 Å². The van der Waals surface area contributed by atoms with Gasteiger partial charge in [0.2, 0.25) is 16.2 Å². The molecule has 0 bridgehead atoms. The maximum absolute atomic E-state index is 7.01. The Hall–Kier alpha value is -2.86. The van der Waals surface area contributed by atoms with Gasteiger partial charge in [-0.3, -0.25) is 0 Å². The van der Waals surface area contributed by atoms with E-state index in [0.717, 1.165) is 5.75 Å². The number of fused-ring (bicyclic) bond motifs is 2. The summed E-state index contributed by atoms with van der Waals surface area (Å²) in [7, 11) is -1.90. The first-order valence-corrected chi connectivity index (χ1v) is 12.9. The minimum absolute atomic E-state index is 0.970. The average Bonchev–Trinajstić information content (AvgIpc) is 3.49. The first kappa shape index (κ1) is 16.9. The molecule has 6 aromatic rings. The van der Waals surface area contributed by atoms with Crippen molar-refractivity contribution in [2.24, 2.45) is 0 Å². The van der Waals surface area contributed by atoms with E-state index in [0.29, 0.717) is 0 Å². The van der Waals surface area contributed by atoms with Gasteiger partial charge in [-0.05, 0) is 53.2 Å². The summed E-state index contributed by atoms with van der Waals surface area (Å²) in [5.74, 6) is 0.970. The van der Waals surface area contributed by atoms with Gasteiger partial charge in [-0.15, -0.1) is 26.6 Å². The zero-order chi connectivity index (χ0) is 19.7. The molecule has 144 valence electrons. The quantitative estimate of drug-likeness (QED) is 0.252. The normalized spacial score (nSPS) is 15.6. The summed E-state index contributed by atoms with van der Waals surface area (Å²) in [6, 6.07) is 32.6. The minimum atomic E-state index is -1.90. The van der Waals surface area contributed by atoms with Crippen LogP contribution in [0.4, 0.5) is 0 Å². The standard InChI is InChI=1S/C25H16NOS3/c1-3-12-21-18(7-1)15-23(28-21)30(24-16-19-8-2-4-13-22(19)29-24)26-14-6-10-17-9-5-11-20(27-30)25(17)26/h1-16H/q+1. The number of nitrogens with zero attached hydrogens (tertiary/aromatic N) is 1. The van der Waals surface area contributed by atoms with Gasteiger partial charge in [-0.1, -0.05) is 42.5 Å². The second-order valence-corrected chi connectivity index (χ2v) is 12.5. The van der Waals surface area contributed by atoms with Crippen LogP contribution in [0.3, 0.4) is 0 Å². The summed E-state index contributed by atoms with van der Waals surface area (Å²) in [4.78, 5) is 0. The summed E-state index contributed by atoms with van der Waals surface area (Å²) >= 11 is 3.70. The summed E-state index contributed by atoms with van der Waals surface area (Å²) < 4.78 is 14.6. The van der Waals surface area contributed by atoms with Crippen LogP contribution in [0.25, 0.3) is 31.1 Å². The molecule has 0 aliphatic carbocycles. The molecule has 0 atom stereocenters. The molecule has 0 spiro atoms. The van der Waals surface area contributed by atoms with Gasteiger partial charge in [0.25, 0.3) is 5.52 Å². The zero-order valence-electron chi connectivity index (χ0n) is 15.8. The van der Waals surface area contributed by atoms with Crippen molar-refractivity contribution in [3.8, 4) is 5.75 Å². The van der Waals surface area contributed by atoms with E-state index in [1.54, 1.807) is 0 Å². The van der Waals surface area contributed by atoms with Gasteiger partial charge >= 0.3 is 0 Å². The number of pyridine rings is 1. The topological polar surface area (TPSA) is 13.1 Å². The van der Waals surface area contributed by atoms with Crippen LogP contribution < -0.4 is 8.16 Å². The van der Waals surface area contributed by atoms with Crippen LogP contribution in [0.1, 0.15) is 0 Å². The van der Waals surface area contributed by atoms with E-state index in [4.69, 9.17) is 4.18 Å². The molecule has 0 fully saturated rings. The van der Waals surface area contributed by atoms with Crippen molar-refractivity contribution in [1.29, 1.82) is 0 Å². The lowest BCUT2D eigenvalue weighted by Crippen LogP contribution is -2.37. The molecule has 5 heteroatoms. The molecule has 3 aromatic carbocycles. The Morgan fingerprint density at radius 1 is 0.633 bits per heavy atom.